The minimum Gasteiger partial charge on any atom is -0.310 e. The lowest BCUT2D eigenvalue weighted by molar-refractivity contribution is 0.617. The third-order valence-corrected chi connectivity index (χ3v) is 10.7. The second kappa shape index (κ2) is 13.7. The normalized spacial score (nSPS) is 13.2. The first kappa shape index (κ1) is 33.1. The van der Waals surface area contributed by atoms with Crippen LogP contribution in [0, 0.1) is 5.82 Å². The summed E-state index contributed by atoms with van der Waals surface area (Å²) < 4.78 is 15.8. The molecule has 0 aromatic heterocycles. The molecule has 0 atom stereocenters. The highest BCUT2D eigenvalue weighted by molar-refractivity contribution is 5.96. The van der Waals surface area contributed by atoms with Crippen molar-refractivity contribution >= 4 is 34.1 Å². The molecule has 2 heterocycles. The van der Waals surface area contributed by atoms with Crippen molar-refractivity contribution < 1.29 is 4.39 Å². The zero-order valence-electron chi connectivity index (χ0n) is 30.3. The Morgan fingerprint density at radius 3 is 1.07 bits per heavy atom. The van der Waals surface area contributed by atoms with E-state index in [2.05, 4.69) is 180 Å². The summed E-state index contributed by atoms with van der Waals surface area (Å²) in [7, 11) is 0. The molecule has 260 valence electrons. The first-order valence-electron chi connectivity index (χ1n) is 18.7. The average molecular weight is 699 g/mol. The van der Waals surface area contributed by atoms with Crippen molar-refractivity contribution in [1.82, 2.24) is 0 Å². The molecule has 0 radical (unpaired) electrons. The van der Waals surface area contributed by atoms with Crippen LogP contribution in [0.25, 0.3) is 22.3 Å². The number of rotatable bonds is 4. The predicted molar refractivity (Wildman–Crippen MR) is 223 cm³/mol. The van der Waals surface area contributed by atoms with Crippen molar-refractivity contribution in [2.24, 2.45) is 0 Å². The van der Waals surface area contributed by atoms with Crippen LogP contribution >= 0.6 is 0 Å². The summed E-state index contributed by atoms with van der Waals surface area (Å²) in [6, 6.07) is 69.6. The van der Waals surface area contributed by atoms with Gasteiger partial charge in [-0.05, 0) is 105 Å². The van der Waals surface area contributed by atoms with E-state index in [0.29, 0.717) is 0 Å². The van der Waals surface area contributed by atoms with E-state index in [9.17, 15) is 0 Å². The van der Waals surface area contributed by atoms with E-state index in [0.717, 1.165) is 61.9 Å². The van der Waals surface area contributed by atoms with Crippen LogP contribution in [0.3, 0.4) is 0 Å². The summed E-state index contributed by atoms with van der Waals surface area (Å²) in [5.74, 6) is -0.259. The quantitative estimate of drug-likeness (QED) is 0.181. The molecule has 0 aliphatic carbocycles. The van der Waals surface area contributed by atoms with Gasteiger partial charge in [-0.2, -0.15) is 0 Å². The Morgan fingerprint density at radius 2 is 0.667 bits per heavy atom. The highest BCUT2D eigenvalue weighted by Gasteiger charge is 2.51. The molecule has 2 nitrogen and oxygen atoms in total. The second-order valence-corrected chi connectivity index (χ2v) is 13.5. The number of benzene rings is 8. The fraction of sp³-hybridized carbons (Fsp3) is 0.0588. The van der Waals surface area contributed by atoms with Crippen LogP contribution in [0.4, 0.5) is 38.5 Å². The first-order chi connectivity index (χ1) is 26.7. The van der Waals surface area contributed by atoms with Gasteiger partial charge in [0.05, 0.1) is 28.2 Å². The molecule has 3 heteroatoms. The topological polar surface area (TPSA) is 6.48 Å². The molecule has 0 saturated carbocycles. The summed E-state index contributed by atoms with van der Waals surface area (Å²) in [4.78, 5) is 4.66. The maximum Gasteiger partial charge on any atom is 0.123 e. The zero-order valence-corrected chi connectivity index (χ0v) is 30.3. The molecule has 2 aliphatic rings. The molecule has 54 heavy (non-hydrogen) atoms. The third-order valence-electron chi connectivity index (χ3n) is 10.7. The highest BCUT2D eigenvalue weighted by atomic mass is 19.1. The number of fused-ring (bicyclic) bond motifs is 8. The van der Waals surface area contributed by atoms with Gasteiger partial charge in [-0.25, -0.2) is 4.39 Å². The molecule has 0 amide bonds. The SMILES string of the molecule is CC.Fc1ccc2c(c1)C1(c3ccccc3N(c3ccc(-c4ccccc4)cc3)c3ccccc31)c1ccccc1N2c1ccc(-c2ccccc2)cc1. The number of halogens is 1. The lowest BCUT2D eigenvalue weighted by Crippen LogP contribution is -2.42. The van der Waals surface area contributed by atoms with Gasteiger partial charge < -0.3 is 9.80 Å². The van der Waals surface area contributed by atoms with Gasteiger partial charge in [0, 0.05) is 11.4 Å². The second-order valence-electron chi connectivity index (χ2n) is 13.5. The Balaban J connectivity index is 0.00000189. The Labute approximate surface area is 317 Å². The third kappa shape index (κ3) is 5.15. The molecule has 0 fully saturated rings. The van der Waals surface area contributed by atoms with E-state index >= 15 is 4.39 Å². The number of anilines is 6. The molecule has 0 bridgehead atoms. The highest BCUT2D eigenvalue weighted by Crippen LogP contribution is 2.64. The summed E-state index contributed by atoms with van der Waals surface area (Å²) in [6.45, 7) is 4.00. The summed E-state index contributed by atoms with van der Waals surface area (Å²) in [5, 5.41) is 0. The van der Waals surface area contributed by atoms with E-state index in [4.69, 9.17) is 0 Å². The van der Waals surface area contributed by atoms with Crippen molar-refractivity contribution in [1.29, 1.82) is 0 Å². The fourth-order valence-corrected chi connectivity index (χ4v) is 8.51. The predicted octanol–water partition coefficient (Wildman–Crippen LogP) is 14.1. The van der Waals surface area contributed by atoms with E-state index in [1.807, 2.05) is 32.0 Å². The Morgan fingerprint density at radius 1 is 0.333 bits per heavy atom. The van der Waals surface area contributed by atoms with Crippen molar-refractivity contribution in [3.8, 4) is 22.3 Å². The average Bonchev–Trinajstić information content (AvgIpc) is 3.25. The Kier molecular flexibility index (Phi) is 8.40. The van der Waals surface area contributed by atoms with Gasteiger partial charge in [-0.3, -0.25) is 0 Å². The monoisotopic (exact) mass is 698 g/mol. The van der Waals surface area contributed by atoms with Crippen LogP contribution in [0.2, 0.25) is 0 Å². The van der Waals surface area contributed by atoms with E-state index in [1.165, 1.54) is 16.7 Å². The molecule has 10 rings (SSSR count). The van der Waals surface area contributed by atoms with Gasteiger partial charge in [0.15, 0.2) is 0 Å². The summed E-state index contributed by atoms with van der Waals surface area (Å²) in [5.41, 5.74) is 14.4. The van der Waals surface area contributed by atoms with Crippen LogP contribution in [0.15, 0.2) is 200 Å². The molecule has 0 saturated heterocycles. The minimum atomic E-state index is -0.790. The smallest absolute Gasteiger partial charge is 0.123 e. The number of nitrogens with zero attached hydrogens (tertiary/aromatic N) is 2. The van der Waals surface area contributed by atoms with Gasteiger partial charge >= 0.3 is 0 Å². The number of hydrogen-bond donors (Lipinski definition) is 0. The maximum atomic E-state index is 15.8. The first-order valence-corrected chi connectivity index (χ1v) is 18.7. The molecule has 2 aliphatic heterocycles. The molecular formula is C51H39FN2. The number of para-hydroxylation sites is 3. The van der Waals surface area contributed by atoms with Crippen molar-refractivity contribution in [2.75, 3.05) is 9.80 Å². The van der Waals surface area contributed by atoms with E-state index in [1.54, 1.807) is 12.1 Å². The van der Waals surface area contributed by atoms with Crippen LogP contribution in [0.1, 0.15) is 36.1 Å². The van der Waals surface area contributed by atoms with Gasteiger partial charge in [0.2, 0.25) is 0 Å². The molecule has 8 aromatic carbocycles. The standard InChI is InChI=1S/C49H33FN2.C2H6/c50-38-27-32-48-44(33-38)49(43-19-9-12-22-47(43)52(48)40-30-25-37(26-31-40)35-15-5-2-6-16-35)41-17-7-10-20-45(41)51(46-21-11-8-18-42(46)49)39-28-23-36(24-29-39)34-13-3-1-4-14-34;1-2/h1-33H;1-2H3. The van der Waals surface area contributed by atoms with Crippen LogP contribution in [-0.2, 0) is 5.41 Å². The van der Waals surface area contributed by atoms with Crippen molar-refractivity contribution in [2.45, 2.75) is 19.3 Å². The largest absolute Gasteiger partial charge is 0.310 e. The van der Waals surface area contributed by atoms with Crippen LogP contribution < -0.4 is 9.80 Å². The molecular weight excluding hydrogens is 660 g/mol. The molecule has 1 spiro atoms. The van der Waals surface area contributed by atoms with Crippen molar-refractivity contribution in [3.63, 3.8) is 0 Å². The number of hydrogen-bond acceptors (Lipinski definition) is 2. The van der Waals surface area contributed by atoms with Crippen LogP contribution in [-0.4, -0.2) is 0 Å². The van der Waals surface area contributed by atoms with Gasteiger partial charge in [0.25, 0.3) is 0 Å². The lowest BCUT2D eigenvalue weighted by Gasteiger charge is -2.51. The lowest BCUT2D eigenvalue weighted by atomic mass is 9.60. The van der Waals surface area contributed by atoms with Crippen LogP contribution in [0.5, 0.6) is 0 Å². The fourth-order valence-electron chi connectivity index (χ4n) is 8.51. The Hall–Kier alpha value is -6.71. The van der Waals surface area contributed by atoms with Gasteiger partial charge in [0.1, 0.15) is 5.82 Å². The van der Waals surface area contributed by atoms with E-state index < -0.39 is 5.41 Å². The van der Waals surface area contributed by atoms with E-state index in [-0.39, 0.29) is 5.82 Å². The summed E-state index contributed by atoms with van der Waals surface area (Å²) in [6.07, 6.45) is 0. The van der Waals surface area contributed by atoms with Gasteiger partial charge in [-0.15, -0.1) is 0 Å². The zero-order chi connectivity index (χ0) is 36.6. The van der Waals surface area contributed by atoms with Crippen molar-refractivity contribution in [3.05, 3.63) is 228 Å². The molecule has 0 N–H and O–H groups in total. The maximum absolute atomic E-state index is 15.8. The van der Waals surface area contributed by atoms with Gasteiger partial charge in [-0.1, -0.05) is 153 Å². The summed E-state index contributed by atoms with van der Waals surface area (Å²) >= 11 is 0. The molecule has 8 aromatic rings. The minimum absolute atomic E-state index is 0.259. The molecule has 0 unspecified atom stereocenters. The Bertz CT molecular complexity index is 2470.